The van der Waals surface area contributed by atoms with Crippen molar-refractivity contribution in [2.45, 2.75) is 25.3 Å². The molecule has 1 aliphatic carbocycles. The van der Waals surface area contributed by atoms with Gasteiger partial charge in [-0.1, -0.05) is 30.3 Å². The van der Waals surface area contributed by atoms with E-state index < -0.39 is 5.97 Å². The van der Waals surface area contributed by atoms with Crippen LogP contribution in [0.4, 0.5) is 11.8 Å². The number of rotatable bonds is 7. The first-order valence-electron chi connectivity index (χ1n) is 7.33. The molecule has 3 rings (SSSR count). The lowest BCUT2D eigenvalue weighted by atomic mass is 10.2. The van der Waals surface area contributed by atoms with E-state index in [2.05, 4.69) is 20.6 Å². The van der Waals surface area contributed by atoms with Crippen LogP contribution in [0.5, 0.6) is 0 Å². The molecule has 1 fully saturated rings. The standard InChI is InChI=1S/C16H18N4O2/c21-15(22)10-18-16-19-13(12-6-7-12)8-14(20-16)17-9-11-4-2-1-3-5-11/h1-5,8,12H,6-7,9-10H2,(H,21,22)(H2,17,18,19,20). The van der Waals surface area contributed by atoms with E-state index in [1.54, 1.807) is 0 Å². The quantitative estimate of drug-likeness (QED) is 0.728. The third-order valence-corrected chi connectivity index (χ3v) is 3.46. The highest BCUT2D eigenvalue weighted by Crippen LogP contribution is 2.39. The molecule has 1 saturated carbocycles. The van der Waals surface area contributed by atoms with Crippen molar-refractivity contribution >= 4 is 17.7 Å². The average Bonchev–Trinajstić information content (AvgIpc) is 3.37. The van der Waals surface area contributed by atoms with Gasteiger partial charge in [-0.15, -0.1) is 0 Å². The van der Waals surface area contributed by atoms with Crippen molar-refractivity contribution in [2.24, 2.45) is 0 Å². The molecular formula is C16H18N4O2. The summed E-state index contributed by atoms with van der Waals surface area (Å²) in [4.78, 5) is 19.4. The number of aromatic nitrogens is 2. The molecule has 2 aromatic rings. The Kier molecular flexibility index (Phi) is 4.18. The number of anilines is 2. The van der Waals surface area contributed by atoms with Crippen LogP contribution in [0.1, 0.15) is 30.0 Å². The Morgan fingerprint density at radius 3 is 2.64 bits per heavy atom. The Bertz CT molecular complexity index is 656. The Morgan fingerprint density at radius 1 is 1.18 bits per heavy atom. The minimum atomic E-state index is -0.931. The summed E-state index contributed by atoms with van der Waals surface area (Å²) in [7, 11) is 0. The first kappa shape index (κ1) is 14.3. The normalized spacial score (nSPS) is 13.6. The first-order valence-corrected chi connectivity index (χ1v) is 7.33. The number of aliphatic carboxylic acids is 1. The summed E-state index contributed by atoms with van der Waals surface area (Å²) in [6, 6.07) is 12.0. The third kappa shape index (κ3) is 3.94. The van der Waals surface area contributed by atoms with Gasteiger partial charge in [-0.2, -0.15) is 4.98 Å². The molecule has 22 heavy (non-hydrogen) atoms. The van der Waals surface area contributed by atoms with Crippen LogP contribution in [0.25, 0.3) is 0 Å². The number of benzene rings is 1. The van der Waals surface area contributed by atoms with Gasteiger partial charge in [-0.25, -0.2) is 4.98 Å². The lowest BCUT2D eigenvalue weighted by molar-refractivity contribution is -0.134. The molecule has 1 aromatic carbocycles. The zero-order valence-corrected chi connectivity index (χ0v) is 12.1. The van der Waals surface area contributed by atoms with Crippen molar-refractivity contribution < 1.29 is 9.90 Å². The van der Waals surface area contributed by atoms with E-state index in [9.17, 15) is 4.79 Å². The summed E-state index contributed by atoms with van der Waals surface area (Å²) in [6.07, 6.45) is 2.26. The maximum absolute atomic E-state index is 10.7. The van der Waals surface area contributed by atoms with Crippen LogP contribution < -0.4 is 10.6 Å². The van der Waals surface area contributed by atoms with Gasteiger partial charge in [0.2, 0.25) is 5.95 Å². The zero-order chi connectivity index (χ0) is 15.4. The molecule has 1 aliphatic rings. The number of carboxylic acids is 1. The Balaban J connectivity index is 1.72. The maximum Gasteiger partial charge on any atom is 0.322 e. The van der Waals surface area contributed by atoms with E-state index in [-0.39, 0.29) is 6.54 Å². The molecular weight excluding hydrogens is 280 g/mol. The Morgan fingerprint density at radius 2 is 1.95 bits per heavy atom. The smallest absolute Gasteiger partial charge is 0.322 e. The van der Waals surface area contributed by atoms with Crippen LogP contribution in [0, 0.1) is 0 Å². The van der Waals surface area contributed by atoms with Crippen molar-refractivity contribution in [1.29, 1.82) is 0 Å². The fourth-order valence-corrected chi connectivity index (χ4v) is 2.17. The van der Waals surface area contributed by atoms with Crippen LogP contribution >= 0.6 is 0 Å². The molecule has 1 aromatic heterocycles. The highest BCUT2D eigenvalue weighted by atomic mass is 16.4. The fourth-order valence-electron chi connectivity index (χ4n) is 2.17. The second-order valence-electron chi connectivity index (χ2n) is 5.36. The molecule has 0 spiro atoms. The lowest BCUT2D eigenvalue weighted by Crippen LogP contribution is -2.15. The van der Waals surface area contributed by atoms with Gasteiger partial charge >= 0.3 is 5.97 Å². The predicted octanol–water partition coefficient (Wildman–Crippen LogP) is 2.46. The molecule has 6 nitrogen and oxygen atoms in total. The van der Waals surface area contributed by atoms with E-state index in [0.717, 1.165) is 24.1 Å². The monoisotopic (exact) mass is 298 g/mol. The fraction of sp³-hybridized carbons (Fsp3) is 0.312. The van der Waals surface area contributed by atoms with E-state index in [0.29, 0.717) is 24.2 Å². The summed E-state index contributed by atoms with van der Waals surface area (Å²) in [5.74, 6) is 0.626. The van der Waals surface area contributed by atoms with Gasteiger partial charge < -0.3 is 15.7 Å². The second kappa shape index (κ2) is 6.43. The number of hydrogen-bond acceptors (Lipinski definition) is 5. The number of hydrogen-bond donors (Lipinski definition) is 3. The van der Waals surface area contributed by atoms with Crippen LogP contribution in [0.15, 0.2) is 36.4 Å². The third-order valence-electron chi connectivity index (χ3n) is 3.46. The minimum Gasteiger partial charge on any atom is -0.480 e. The highest BCUT2D eigenvalue weighted by Gasteiger charge is 2.26. The Hall–Kier alpha value is -2.63. The molecule has 1 heterocycles. The van der Waals surface area contributed by atoms with Gasteiger partial charge in [0.25, 0.3) is 0 Å². The SMILES string of the molecule is O=C(O)CNc1nc(NCc2ccccc2)cc(C2CC2)n1. The molecule has 0 atom stereocenters. The molecule has 0 unspecified atom stereocenters. The zero-order valence-electron chi connectivity index (χ0n) is 12.1. The molecule has 0 aliphatic heterocycles. The van der Waals surface area contributed by atoms with E-state index >= 15 is 0 Å². The topological polar surface area (TPSA) is 87.1 Å². The minimum absolute atomic E-state index is 0.188. The van der Waals surface area contributed by atoms with Crippen LogP contribution in [0.2, 0.25) is 0 Å². The summed E-state index contributed by atoms with van der Waals surface area (Å²) in [5.41, 5.74) is 2.13. The second-order valence-corrected chi connectivity index (χ2v) is 5.36. The van der Waals surface area contributed by atoms with Crippen LogP contribution in [-0.4, -0.2) is 27.6 Å². The number of carboxylic acid groups (broad SMARTS) is 1. The van der Waals surface area contributed by atoms with Gasteiger partial charge in [-0.05, 0) is 18.4 Å². The van der Waals surface area contributed by atoms with E-state index in [1.165, 1.54) is 0 Å². The van der Waals surface area contributed by atoms with Crippen molar-refractivity contribution in [3.63, 3.8) is 0 Å². The van der Waals surface area contributed by atoms with Crippen molar-refractivity contribution in [3.05, 3.63) is 47.7 Å². The summed E-state index contributed by atoms with van der Waals surface area (Å²) in [6.45, 7) is 0.479. The highest BCUT2D eigenvalue weighted by molar-refractivity contribution is 5.72. The molecule has 6 heteroatoms. The van der Waals surface area contributed by atoms with Crippen molar-refractivity contribution in [3.8, 4) is 0 Å². The van der Waals surface area contributed by atoms with Gasteiger partial charge in [0.15, 0.2) is 0 Å². The van der Waals surface area contributed by atoms with Gasteiger partial charge in [0, 0.05) is 18.5 Å². The van der Waals surface area contributed by atoms with Gasteiger partial charge in [0.1, 0.15) is 12.4 Å². The molecule has 3 N–H and O–H groups in total. The van der Waals surface area contributed by atoms with E-state index in [1.807, 2.05) is 36.4 Å². The lowest BCUT2D eigenvalue weighted by Gasteiger charge is -2.10. The maximum atomic E-state index is 10.7. The average molecular weight is 298 g/mol. The predicted molar refractivity (Wildman–Crippen MR) is 83.9 cm³/mol. The molecule has 0 saturated heterocycles. The number of nitrogens with zero attached hydrogens (tertiary/aromatic N) is 2. The van der Waals surface area contributed by atoms with Gasteiger partial charge in [0.05, 0.1) is 5.69 Å². The summed E-state index contributed by atoms with van der Waals surface area (Å²) < 4.78 is 0. The van der Waals surface area contributed by atoms with Crippen LogP contribution in [-0.2, 0) is 11.3 Å². The number of nitrogens with one attached hydrogen (secondary N) is 2. The van der Waals surface area contributed by atoms with Crippen molar-refractivity contribution in [1.82, 2.24) is 9.97 Å². The molecule has 114 valence electrons. The molecule has 0 radical (unpaired) electrons. The number of carbonyl (C=O) groups is 1. The summed E-state index contributed by atoms with van der Waals surface area (Å²) in [5, 5.41) is 14.8. The molecule has 0 bridgehead atoms. The van der Waals surface area contributed by atoms with E-state index in [4.69, 9.17) is 5.11 Å². The van der Waals surface area contributed by atoms with Crippen LogP contribution in [0.3, 0.4) is 0 Å². The first-order chi connectivity index (χ1) is 10.7. The van der Waals surface area contributed by atoms with Gasteiger partial charge in [-0.3, -0.25) is 4.79 Å². The van der Waals surface area contributed by atoms with Crippen molar-refractivity contribution in [2.75, 3.05) is 17.2 Å². The molecule has 0 amide bonds. The largest absolute Gasteiger partial charge is 0.480 e. The summed E-state index contributed by atoms with van der Waals surface area (Å²) >= 11 is 0. The Labute approximate surface area is 128 Å².